The molecule has 0 unspecified atom stereocenters. The molecule has 116 valence electrons. The van der Waals surface area contributed by atoms with Gasteiger partial charge in [-0.25, -0.2) is 4.99 Å². The molecule has 2 aromatic carbocycles. The molecule has 0 bridgehead atoms. The first kappa shape index (κ1) is 16.2. The van der Waals surface area contributed by atoms with Gasteiger partial charge in [0, 0.05) is 12.0 Å². The van der Waals surface area contributed by atoms with Crippen LogP contribution < -0.4 is 9.47 Å². The van der Waals surface area contributed by atoms with E-state index in [0.717, 1.165) is 5.56 Å². The highest BCUT2D eigenvalue weighted by atomic mass is 16.5. The quantitative estimate of drug-likeness (QED) is 0.796. The molecule has 0 spiro atoms. The van der Waals surface area contributed by atoms with Crippen LogP contribution in [0, 0.1) is 11.3 Å². The van der Waals surface area contributed by atoms with E-state index in [0.29, 0.717) is 17.1 Å². The van der Waals surface area contributed by atoms with Crippen LogP contribution in [0.3, 0.4) is 0 Å². The first-order valence-electron chi connectivity index (χ1n) is 6.96. The summed E-state index contributed by atoms with van der Waals surface area (Å²) in [7, 11) is 3.10. The predicted octanol–water partition coefficient (Wildman–Crippen LogP) is 3.05. The number of amides is 1. The Bertz CT molecular complexity index is 762. The Labute approximate surface area is 134 Å². The van der Waals surface area contributed by atoms with Crippen LogP contribution >= 0.6 is 0 Å². The molecule has 2 aromatic rings. The third-order valence-electron chi connectivity index (χ3n) is 3.21. The van der Waals surface area contributed by atoms with Crippen molar-refractivity contribution in [2.24, 2.45) is 4.99 Å². The van der Waals surface area contributed by atoms with Gasteiger partial charge < -0.3 is 9.47 Å². The van der Waals surface area contributed by atoms with Gasteiger partial charge in [0.1, 0.15) is 11.8 Å². The molecule has 0 aliphatic rings. The van der Waals surface area contributed by atoms with Crippen LogP contribution in [0.15, 0.2) is 53.5 Å². The maximum absolute atomic E-state index is 12.0. The standard InChI is InChI=1S/C18H16N2O3/c1-22-16-9-8-13(11-17(16)23-2)10-15(12-19)20-18(21)14-6-4-3-5-7-14/h3-9,11H,10H2,1-2H3. The molecule has 0 saturated heterocycles. The van der Waals surface area contributed by atoms with Crippen LogP contribution in [-0.4, -0.2) is 25.8 Å². The fraction of sp³-hybridized carbons (Fsp3) is 0.167. The minimum absolute atomic E-state index is 0.145. The zero-order valence-corrected chi connectivity index (χ0v) is 12.9. The van der Waals surface area contributed by atoms with Crippen LogP contribution in [0.25, 0.3) is 0 Å². The highest BCUT2D eigenvalue weighted by Crippen LogP contribution is 2.27. The van der Waals surface area contributed by atoms with E-state index in [-0.39, 0.29) is 12.1 Å². The fourth-order valence-corrected chi connectivity index (χ4v) is 2.06. The second-order valence-electron chi connectivity index (χ2n) is 4.71. The maximum Gasteiger partial charge on any atom is 0.277 e. The van der Waals surface area contributed by atoms with E-state index < -0.39 is 5.91 Å². The van der Waals surface area contributed by atoms with Crippen LogP contribution in [0.1, 0.15) is 15.9 Å². The van der Waals surface area contributed by atoms with Crippen molar-refractivity contribution in [3.8, 4) is 17.6 Å². The molecule has 0 radical (unpaired) electrons. The lowest BCUT2D eigenvalue weighted by atomic mass is 10.1. The fourth-order valence-electron chi connectivity index (χ4n) is 2.06. The van der Waals surface area contributed by atoms with Gasteiger partial charge in [-0.15, -0.1) is 0 Å². The lowest BCUT2D eigenvalue weighted by Gasteiger charge is -2.09. The summed E-state index contributed by atoms with van der Waals surface area (Å²) in [6.45, 7) is 0. The highest BCUT2D eigenvalue weighted by Gasteiger charge is 2.09. The summed E-state index contributed by atoms with van der Waals surface area (Å²) in [6, 6.07) is 15.9. The Morgan fingerprint density at radius 2 is 1.78 bits per heavy atom. The SMILES string of the molecule is COc1ccc(CC(C#N)=NC(=O)c2ccccc2)cc1OC. The van der Waals surface area contributed by atoms with Gasteiger partial charge in [0.05, 0.1) is 14.2 Å². The van der Waals surface area contributed by atoms with Crippen molar-refractivity contribution in [3.63, 3.8) is 0 Å². The second-order valence-corrected chi connectivity index (χ2v) is 4.71. The topological polar surface area (TPSA) is 71.7 Å². The van der Waals surface area contributed by atoms with E-state index in [9.17, 15) is 10.1 Å². The molecule has 2 rings (SSSR count). The van der Waals surface area contributed by atoms with Crippen LogP contribution in [0.2, 0.25) is 0 Å². The average Bonchev–Trinajstić information content (AvgIpc) is 2.61. The molecule has 0 atom stereocenters. The number of ether oxygens (including phenoxy) is 2. The molecule has 0 aliphatic carbocycles. The van der Waals surface area contributed by atoms with Crippen molar-refractivity contribution < 1.29 is 14.3 Å². The third-order valence-corrected chi connectivity index (χ3v) is 3.21. The molecule has 0 aromatic heterocycles. The Balaban J connectivity index is 2.21. The van der Waals surface area contributed by atoms with Crippen molar-refractivity contribution in [2.75, 3.05) is 14.2 Å². The molecule has 0 saturated carbocycles. The number of rotatable bonds is 5. The van der Waals surface area contributed by atoms with Gasteiger partial charge in [-0.3, -0.25) is 4.79 Å². The smallest absolute Gasteiger partial charge is 0.277 e. The minimum Gasteiger partial charge on any atom is -0.493 e. The molecule has 0 fully saturated rings. The third kappa shape index (κ3) is 4.17. The van der Waals surface area contributed by atoms with E-state index in [1.54, 1.807) is 56.7 Å². The summed E-state index contributed by atoms with van der Waals surface area (Å²) in [6.07, 6.45) is 0.245. The molecule has 5 nitrogen and oxygen atoms in total. The number of carbonyl (C=O) groups is 1. The van der Waals surface area contributed by atoms with E-state index >= 15 is 0 Å². The number of benzene rings is 2. The van der Waals surface area contributed by atoms with Gasteiger partial charge in [-0.2, -0.15) is 5.26 Å². The van der Waals surface area contributed by atoms with Crippen molar-refractivity contribution in [1.29, 1.82) is 5.26 Å². The van der Waals surface area contributed by atoms with E-state index in [4.69, 9.17) is 9.47 Å². The summed E-state index contributed by atoms with van der Waals surface area (Å²) >= 11 is 0. The number of nitriles is 1. The van der Waals surface area contributed by atoms with Crippen molar-refractivity contribution in [1.82, 2.24) is 0 Å². The molecular weight excluding hydrogens is 292 g/mol. The molecule has 23 heavy (non-hydrogen) atoms. The Kier molecular flexibility index (Phi) is 5.48. The lowest BCUT2D eigenvalue weighted by molar-refractivity contribution is 0.100. The van der Waals surface area contributed by atoms with Gasteiger partial charge in [-0.1, -0.05) is 24.3 Å². The van der Waals surface area contributed by atoms with E-state index in [2.05, 4.69) is 4.99 Å². The number of aliphatic imine (C=N–C) groups is 1. The first-order chi connectivity index (χ1) is 11.2. The van der Waals surface area contributed by atoms with E-state index in [1.165, 1.54) is 0 Å². The summed E-state index contributed by atoms with van der Waals surface area (Å²) < 4.78 is 10.4. The molecule has 0 N–H and O–H groups in total. The predicted molar refractivity (Wildman–Crippen MR) is 87.1 cm³/mol. The molecule has 1 amide bonds. The summed E-state index contributed by atoms with van der Waals surface area (Å²) in [4.78, 5) is 15.9. The maximum atomic E-state index is 12.0. The largest absolute Gasteiger partial charge is 0.493 e. The summed E-state index contributed by atoms with van der Waals surface area (Å²) in [5, 5.41) is 9.22. The van der Waals surface area contributed by atoms with Gasteiger partial charge in [0.15, 0.2) is 11.5 Å². The van der Waals surface area contributed by atoms with Gasteiger partial charge in [0.25, 0.3) is 5.91 Å². The molecular formula is C18H16N2O3. The summed E-state index contributed by atoms with van der Waals surface area (Å²) in [5.41, 5.74) is 1.41. The zero-order chi connectivity index (χ0) is 16.7. The Hall–Kier alpha value is -3.13. The Morgan fingerprint density at radius 3 is 2.39 bits per heavy atom. The average molecular weight is 308 g/mol. The van der Waals surface area contributed by atoms with Gasteiger partial charge in [0.2, 0.25) is 0 Å². The van der Waals surface area contributed by atoms with E-state index in [1.807, 2.05) is 12.1 Å². The number of hydrogen-bond acceptors (Lipinski definition) is 4. The Morgan fingerprint density at radius 1 is 1.09 bits per heavy atom. The number of carbonyl (C=O) groups excluding carboxylic acids is 1. The number of hydrogen-bond donors (Lipinski definition) is 0. The highest BCUT2D eigenvalue weighted by molar-refractivity contribution is 6.10. The van der Waals surface area contributed by atoms with Crippen molar-refractivity contribution in [2.45, 2.75) is 6.42 Å². The minimum atomic E-state index is -0.428. The normalized spacial score (nSPS) is 10.7. The zero-order valence-electron chi connectivity index (χ0n) is 12.9. The van der Waals surface area contributed by atoms with Gasteiger partial charge >= 0.3 is 0 Å². The summed E-state index contributed by atoms with van der Waals surface area (Å²) in [5.74, 6) is 0.742. The van der Waals surface area contributed by atoms with Crippen LogP contribution in [0.4, 0.5) is 0 Å². The number of nitrogens with zero attached hydrogens (tertiary/aromatic N) is 2. The molecule has 0 heterocycles. The van der Waals surface area contributed by atoms with Crippen molar-refractivity contribution in [3.05, 3.63) is 59.7 Å². The second kappa shape index (κ2) is 7.76. The van der Waals surface area contributed by atoms with Crippen LogP contribution in [-0.2, 0) is 6.42 Å². The number of methoxy groups -OCH3 is 2. The molecule has 0 aliphatic heterocycles. The molecule has 5 heteroatoms. The van der Waals surface area contributed by atoms with Crippen LogP contribution in [0.5, 0.6) is 11.5 Å². The van der Waals surface area contributed by atoms with Crippen molar-refractivity contribution >= 4 is 11.6 Å². The van der Waals surface area contributed by atoms with Gasteiger partial charge in [-0.05, 0) is 29.8 Å². The first-order valence-corrected chi connectivity index (χ1v) is 6.96. The lowest BCUT2D eigenvalue weighted by Crippen LogP contribution is -2.05. The monoisotopic (exact) mass is 308 g/mol.